The van der Waals surface area contributed by atoms with E-state index in [1.807, 2.05) is 0 Å². The van der Waals surface area contributed by atoms with Crippen molar-refractivity contribution in [2.24, 2.45) is 0 Å². The molecule has 1 aromatic heterocycles. The maximum absolute atomic E-state index is 14.1. The van der Waals surface area contributed by atoms with Gasteiger partial charge in [0.25, 0.3) is 0 Å². The fourth-order valence-corrected chi connectivity index (χ4v) is 3.53. The van der Waals surface area contributed by atoms with Crippen LogP contribution in [0, 0.1) is 0 Å². The number of ether oxygens (including phenoxy) is 3. The molecule has 1 unspecified atom stereocenters. The van der Waals surface area contributed by atoms with Crippen LogP contribution in [0.3, 0.4) is 0 Å². The van der Waals surface area contributed by atoms with E-state index in [1.165, 1.54) is 19.2 Å². The third-order valence-electron chi connectivity index (χ3n) is 3.79. The molecule has 2 rings (SSSR count). The maximum atomic E-state index is 14.1. The Morgan fingerprint density at radius 3 is 2.82 bits per heavy atom. The summed E-state index contributed by atoms with van der Waals surface area (Å²) in [5.41, 5.74) is -1.48. The molecule has 1 saturated heterocycles. The summed E-state index contributed by atoms with van der Waals surface area (Å²) in [4.78, 5) is 38.5. The highest BCUT2D eigenvalue weighted by Gasteiger charge is 2.38. The monoisotopic (exact) mass is 417 g/mol. The largest absolute Gasteiger partial charge is 0.462 e. The molecule has 28 heavy (non-hydrogen) atoms. The summed E-state index contributed by atoms with van der Waals surface area (Å²) in [5.74, 6) is -0.495. The predicted octanol–water partition coefficient (Wildman–Crippen LogP) is 2.82. The van der Waals surface area contributed by atoms with Crippen molar-refractivity contribution >= 4 is 29.6 Å². The van der Waals surface area contributed by atoms with Crippen LogP contribution in [-0.4, -0.2) is 46.6 Å². The quantitative estimate of drug-likeness (QED) is 0.483. The van der Waals surface area contributed by atoms with Crippen molar-refractivity contribution in [3.63, 3.8) is 0 Å². The van der Waals surface area contributed by atoms with Gasteiger partial charge in [-0.25, -0.2) is 14.0 Å². The topological polar surface area (TPSA) is 109 Å². The summed E-state index contributed by atoms with van der Waals surface area (Å²) >= 11 is 1.00. The SMILES string of the molecule is CCCCCCOC(=O)Nc1ccn(C2S[C@H](COC(C)=O)O[C@H]2F)c(=O)n1. The Morgan fingerprint density at radius 1 is 1.36 bits per heavy atom. The van der Waals surface area contributed by atoms with Crippen LogP contribution < -0.4 is 11.0 Å². The molecule has 0 radical (unpaired) electrons. The van der Waals surface area contributed by atoms with Crippen LogP contribution in [0.5, 0.6) is 0 Å². The molecule has 2 heterocycles. The highest BCUT2D eigenvalue weighted by Crippen LogP contribution is 2.40. The fourth-order valence-electron chi connectivity index (χ4n) is 2.43. The molecule has 0 aromatic carbocycles. The van der Waals surface area contributed by atoms with Crippen LogP contribution in [0.25, 0.3) is 0 Å². The van der Waals surface area contributed by atoms with Crippen molar-refractivity contribution in [3.05, 3.63) is 22.7 Å². The summed E-state index contributed by atoms with van der Waals surface area (Å²) in [5, 5.41) is 1.40. The number of unbranched alkanes of at least 4 members (excludes halogenated alkanes) is 3. The van der Waals surface area contributed by atoms with Gasteiger partial charge in [0.05, 0.1) is 6.61 Å². The Labute approximate surface area is 165 Å². The zero-order valence-electron chi connectivity index (χ0n) is 15.8. The zero-order valence-corrected chi connectivity index (χ0v) is 16.6. The number of thioether (sulfide) groups is 1. The number of carbonyl (C=O) groups is 2. The van der Waals surface area contributed by atoms with Gasteiger partial charge in [-0.05, 0) is 12.5 Å². The molecule has 1 fully saturated rings. The first kappa shape index (κ1) is 22.2. The first-order chi connectivity index (χ1) is 13.4. The van der Waals surface area contributed by atoms with Crippen molar-refractivity contribution < 1.29 is 28.2 Å². The summed E-state index contributed by atoms with van der Waals surface area (Å²) in [6.45, 7) is 3.48. The zero-order chi connectivity index (χ0) is 20.5. The van der Waals surface area contributed by atoms with E-state index >= 15 is 0 Å². The van der Waals surface area contributed by atoms with Crippen LogP contribution in [-0.2, 0) is 19.0 Å². The predicted molar refractivity (Wildman–Crippen MR) is 101 cm³/mol. The number of nitrogens with zero attached hydrogens (tertiary/aromatic N) is 2. The highest BCUT2D eigenvalue weighted by molar-refractivity contribution is 8.00. The maximum Gasteiger partial charge on any atom is 0.412 e. The van der Waals surface area contributed by atoms with Crippen LogP contribution in [0.4, 0.5) is 15.0 Å². The summed E-state index contributed by atoms with van der Waals surface area (Å²) in [7, 11) is 0. The summed E-state index contributed by atoms with van der Waals surface area (Å²) in [6.07, 6.45) is 2.74. The molecule has 11 heteroatoms. The lowest BCUT2D eigenvalue weighted by Crippen LogP contribution is -2.29. The first-order valence-corrected chi connectivity index (χ1v) is 9.96. The molecule has 3 atom stereocenters. The average molecular weight is 417 g/mol. The van der Waals surface area contributed by atoms with Crippen molar-refractivity contribution in [1.29, 1.82) is 0 Å². The summed E-state index contributed by atoms with van der Waals surface area (Å²) < 4.78 is 30.0. The Bertz CT molecular complexity index is 731. The first-order valence-electron chi connectivity index (χ1n) is 9.02. The van der Waals surface area contributed by atoms with Gasteiger partial charge in [-0.1, -0.05) is 37.9 Å². The molecule has 0 aliphatic carbocycles. The van der Waals surface area contributed by atoms with Gasteiger partial charge in [-0.2, -0.15) is 4.98 Å². The Balaban J connectivity index is 1.88. The van der Waals surface area contributed by atoms with E-state index in [9.17, 15) is 18.8 Å². The summed E-state index contributed by atoms with van der Waals surface area (Å²) in [6, 6.07) is 1.37. The Hall–Kier alpha value is -2.14. The number of hydrogen-bond acceptors (Lipinski definition) is 8. The van der Waals surface area contributed by atoms with Crippen molar-refractivity contribution in [2.45, 2.75) is 56.7 Å². The van der Waals surface area contributed by atoms with E-state index in [-0.39, 0.29) is 19.0 Å². The minimum atomic E-state index is -1.77. The molecule has 1 N–H and O–H groups in total. The van der Waals surface area contributed by atoms with Crippen LogP contribution in [0.2, 0.25) is 0 Å². The second kappa shape index (κ2) is 11.0. The number of rotatable bonds is 9. The van der Waals surface area contributed by atoms with Crippen LogP contribution >= 0.6 is 11.8 Å². The third kappa shape index (κ3) is 6.79. The van der Waals surface area contributed by atoms with Gasteiger partial charge in [0.2, 0.25) is 6.36 Å². The van der Waals surface area contributed by atoms with E-state index in [2.05, 4.69) is 17.2 Å². The normalized spacial score (nSPS) is 21.3. The van der Waals surface area contributed by atoms with Crippen molar-refractivity contribution in [1.82, 2.24) is 9.55 Å². The smallest absolute Gasteiger partial charge is 0.412 e. The van der Waals surface area contributed by atoms with E-state index in [0.717, 1.165) is 42.0 Å². The van der Waals surface area contributed by atoms with Crippen molar-refractivity contribution in [2.75, 3.05) is 18.5 Å². The molecule has 0 saturated carbocycles. The molecule has 1 aliphatic rings. The number of halogens is 1. The van der Waals surface area contributed by atoms with Crippen molar-refractivity contribution in [3.8, 4) is 0 Å². The molecule has 1 amide bonds. The van der Waals surface area contributed by atoms with E-state index < -0.39 is 34.9 Å². The number of esters is 1. The minimum Gasteiger partial charge on any atom is -0.462 e. The molecule has 0 spiro atoms. The van der Waals surface area contributed by atoms with E-state index in [0.29, 0.717) is 0 Å². The molecular formula is C17H24FN3O6S. The number of amides is 1. The molecule has 0 bridgehead atoms. The van der Waals surface area contributed by atoms with Gasteiger partial charge < -0.3 is 14.2 Å². The highest BCUT2D eigenvalue weighted by atomic mass is 32.2. The molecule has 9 nitrogen and oxygen atoms in total. The minimum absolute atomic E-state index is 0.00981. The van der Waals surface area contributed by atoms with Gasteiger partial charge in [-0.3, -0.25) is 14.7 Å². The molecule has 1 aliphatic heterocycles. The van der Waals surface area contributed by atoms with Crippen LogP contribution in [0.15, 0.2) is 17.1 Å². The van der Waals surface area contributed by atoms with E-state index in [4.69, 9.17) is 14.2 Å². The average Bonchev–Trinajstić information content (AvgIpc) is 3.00. The van der Waals surface area contributed by atoms with Gasteiger partial charge in [0, 0.05) is 13.1 Å². The molecule has 156 valence electrons. The van der Waals surface area contributed by atoms with Crippen LogP contribution in [0.1, 0.15) is 44.9 Å². The fraction of sp³-hybridized carbons (Fsp3) is 0.647. The number of nitrogens with one attached hydrogen (secondary N) is 1. The van der Waals surface area contributed by atoms with Gasteiger partial charge in [0.15, 0.2) is 0 Å². The third-order valence-corrected chi connectivity index (χ3v) is 5.06. The number of alkyl halides is 1. The molecular weight excluding hydrogens is 393 g/mol. The second-order valence-corrected chi connectivity index (χ2v) is 7.35. The van der Waals surface area contributed by atoms with E-state index in [1.54, 1.807) is 0 Å². The van der Waals surface area contributed by atoms with Gasteiger partial charge in [0.1, 0.15) is 23.2 Å². The standard InChI is InChI=1S/C17H24FN3O6S/c1-3-4-5-6-9-25-17(24)20-12-7-8-21(16(23)19-12)15-14(18)27-13(28-15)10-26-11(2)22/h7-8,13-15H,3-6,9-10H2,1-2H3,(H,19,20,23,24)/t13-,14-,15?/m1/s1. The lowest BCUT2D eigenvalue weighted by Gasteiger charge is -2.13. The number of hydrogen-bond donors (Lipinski definition) is 1. The lowest BCUT2D eigenvalue weighted by molar-refractivity contribution is -0.145. The Morgan fingerprint density at radius 2 is 2.14 bits per heavy atom. The lowest BCUT2D eigenvalue weighted by atomic mass is 10.2. The number of anilines is 1. The molecule has 1 aromatic rings. The number of aromatic nitrogens is 2. The Kier molecular flexibility index (Phi) is 8.71. The van der Waals surface area contributed by atoms with Gasteiger partial charge >= 0.3 is 17.8 Å². The second-order valence-electron chi connectivity index (χ2n) is 6.07. The number of carbonyl (C=O) groups excluding carboxylic acids is 2. The van der Waals surface area contributed by atoms with Gasteiger partial charge in [-0.15, -0.1) is 0 Å².